The van der Waals surface area contributed by atoms with E-state index in [4.69, 9.17) is 0 Å². The summed E-state index contributed by atoms with van der Waals surface area (Å²) in [4.78, 5) is 12.8. The van der Waals surface area contributed by atoms with Crippen molar-refractivity contribution in [3.8, 4) is 0 Å². The highest BCUT2D eigenvalue weighted by molar-refractivity contribution is 7.91. The smallest absolute Gasteiger partial charge is 0.274 e. The van der Waals surface area contributed by atoms with Crippen LogP contribution in [0.5, 0.6) is 0 Å². The summed E-state index contributed by atoms with van der Waals surface area (Å²) in [6.45, 7) is 0. The lowest BCUT2D eigenvalue weighted by atomic mass is 10.1. The molecule has 0 saturated carbocycles. The molecule has 1 aliphatic heterocycles. The fourth-order valence-corrected chi connectivity index (χ4v) is 5.32. The van der Waals surface area contributed by atoms with Gasteiger partial charge in [-0.05, 0) is 37.8 Å². The Labute approximate surface area is 145 Å². The molecule has 2 aromatic rings. The lowest BCUT2D eigenvalue weighted by molar-refractivity contribution is 0.101. The van der Waals surface area contributed by atoms with Crippen LogP contribution in [0.2, 0.25) is 0 Å². The fourth-order valence-electron chi connectivity index (χ4n) is 3.63. The van der Waals surface area contributed by atoms with Gasteiger partial charge in [-0.25, -0.2) is 12.8 Å². The van der Waals surface area contributed by atoms with Crippen LogP contribution in [0.3, 0.4) is 0 Å². The molecule has 8 heteroatoms. The zero-order valence-electron chi connectivity index (χ0n) is 13.5. The molecule has 132 valence electrons. The molecule has 25 heavy (non-hydrogen) atoms. The van der Waals surface area contributed by atoms with E-state index in [1.165, 1.54) is 12.1 Å². The molecule has 1 aromatic heterocycles. The van der Waals surface area contributed by atoms with Crippen LogP contribution >= 0.6 is 0 Å². The van der Waals surface area contributed by atoms with Gasteiger partial charge in [0.15, 0.2) is 9.84 Å². The molecule has 2 heterocycles. The van der Waals surface area contributed by atoms with Gasteiger partial charge in [-0.3, -0.25) is 9.48 Å². The number of fused-ring (bicyclic) bond motifs is 1. The Morgan fingerprint density at radius 2 is 2.08 bits per heavy atom. The molecule has 1 aliphatic carbocycles. The average molecular weight is 363 g/mol. The van der Waals surface area contributed by atoms with E-state index in [0.29, 0.717) is 12.1 Å². The predicted molar refractivity (Wildman–Crippen MR) is 90.9 cm³/mol. The number of carbonyl (C=O) groups excluding carboxylic acids is 1. The number of nitrogens with zero attached hydrogens (tertiary/aromatic N) is 2. The number of amides is 1. The van der Waals surface area contributed by atoms with Crippen LogP contribution in [-0.2, 0) is 22.7 Å². The van der Waals surface area contributed by atoms with Gasteiger partial charge in [0.1, 0.15) is 11.5 Å². The van der Waals surface area contributed by atoms with E-state index < -0.39 is 21.6 Å². The number of nitrogens with one attached hydrogen (secondary N) is 1. The number of benzene rings is 1. The Balaban J connectivity index is 1.71. The lowest BCUT2D eigenvalue weighted by Gasteiger charge is -2.15. The van der Waals surface area contributed by atoms with Crippen molar-refractivity contribution in [3.05, 3.63) is 47.0 Å². The maximum atomic E-state index is 13.9. The van der Waals surface area contributed by atoms with E-state index in [2.05, 4.69) is 10.4 Å². The van der Waals surface area contributed by atoms with E-state index >= 15 is 0 Å². The highest BCUT2D eigenvalue weighted by Gasteiger charge is 2.35. The van der Waals surface area contributed by atoms with Gasteiger partial charge in [0, 0.05) is 5.56 Å². The molecular weight excluding hydrogens is 345 g/mol. The molecule has 1 N–H and O–H groups in total. The summed E-state index contributed by atoms with van der Waals surface area (Å²) in [5.74, 6) is -0.851. The van der Waals surface area contributed by atoms with E-state index in [1.807, 2.05) is 0 Å². The minimum atomic E-state index is -3.10. The monoisotopic (exact) mass is 363 g/mol. The Hall–Kier alpha value is -2.22. The van der Waals surface area contributed by atoms with Crippen LogP contribution in [0.1, 0.15) is 40.6 Å². The standard InChI is InChI=1S/C17H18FN3O3S/c18-13-5-1-2-6-15(13)19-17(22)16-12-4-3-7-14(12)20-21(16)11-8-9-25(23,24)10-11/h1-2,5-6,11H,3-4,7-10H2,(H,19,22). The molecule has 1 atom stereocenters. The minimum Gasteiger partial charge on any atom is -0.318 e. The van der Waals surface area contributed by atoms with Gasteiger partial charge in [-0.15, -0.1) is 0 Å². The van der Waals surface area contributed by atoms with Crippen molar-refractivity contribution in [2.24, 2.45) is 0 Å². The van der Waals surface area contributed by atoms with Gasteiger partial charge in [-0.2, -0.15) is 5.10 Å². The van der Waals surface area contributed by atoms with E-state index in [1.54, 1.807) is 16.8 Å². The third kappa shape index (κ3) is 2.95. The number of anilines is 1. The van der Waals surface area contributed by atoms with E-state index in [-0.39, 0.29) is 23.2 Å². The summed E-state index contributed by atoms with van der Waals surface area (Å²) in [7, 11) is -3.10. The maximum Gasteiger partial charge on any atom is 0.274 e. The molecular formula is C17H18FN3O3S. The Morgan fingerprint density at radius 1 is 1.28 bits per heavy atom. The first kappa shape index (κ1) is 16.3. The van der Waals surface area contributed by atoms with Gasteiger partial charge in [0.05, 0.1) is 28.9 Å². The molecule has 0 spiro atoms. The fraction of sp³-hybridized carbons (Fsp3) is 0.412. The van der Waals surface area contributed by atoms with Crippen molar-refractivity contribution in [3.63, 3.8) is 0 Å². The number of aryl methyl sites for hydroxylation is 1. The van der Waals surface area contributed by atoms with Gasteiger partial charge in [0.2, 0.25) is 0 Å². The molecule has 1 unspecified atom stereocenters. The first-order valence-electron chi connectivity index (χ1n) is 8.31. The highest BCUT2D eigenvalue weighted by Crippen LogP contribution is 2.31. The molecule has 2 aliphatic rings. The normalized spacial score (nSPS) is 21.2. The largest absolute Gasteiger partial charge is 0.318 e. The van der Waals surface area contributed by atoms with E-state index in [0.717, 1.165) is 30.5 Å². The molecule has 6 nitrogen and oxygen atoms in total. The van der Waals surface area contributed by atoms with Crippen LogP contribution < -0.4 is 5.32 Å². The molecule has 1 fully saturated rings. The summed E-state index contributed by atoms with van der Waals surface area (Å²) >= 11 is 0. The zero-order chi connectivity index (χ0) is 17.6. The first-order valence-corrected chi connectivity index (χ1v) is 10.1. The van der Waals surface area contributed by atoms with Crippen LogP contribution in [0.15, 0.2) is 24.3 Å². The number of rotatable bonds is 3. The SMILES string of the molecule is O=C(Nc1ccccc1F)c1c2c(nn1C1CCS(=O)(=O)C1)CCC2. The third-order valence-corrected chi connectivity index (χ3v) is 6.57. The number of halogens is 1. The van der Waals surface area contributed by atoms with Crippen molar-refractivity contribution in [1.82, 2.24) is 9.78 Å². The number of hydrogen-bond acceptors (Lipinski definition) is 4. The summed E-state index contributed by atoms with van der Waals surface area (Å²) in [6, 6.07) is 5.63. The van der Waals surface area contributed by atoms with Crippen molar-refractivity contribution < 1.29 is 17.6 Å². The Morgan fingerprint density at radius 3 is 2.80 bits per heavy atom. The third-order valence-electron chi connectivity index (χ3n) is 4.82. The van der Waals surface area contributed by atoms with Gasteiger partial charge in [-0.1, -0.05) is 12.1 Å². The summed E-state index contributed by atoms with van der Waals surface area (Å²) in [6.07, 6.45) is 2.88. The second-order valence-corrected chi connectivity index (χ2v) is 8.79. The molecule has 0 radical (unpaired) electrons. The predicted octanol–water partition coefficient (Wildman–Crippen LogP) is 2.12. The molecule has 1 saturated heterocycles. The number of para-hydroxylation sites is 1. The maximum absolute atomic E-state index is 13.9. The molecule has 1 aromatic carbocycles. The number of hydrogen-bond donors (Lipinski definition) is 1. The van der Waals surface area contributed by atoms with Gasteiger partial charge < -0.3 is 5.32 Å². The number of aromatic nitrogens is 2. The second-order valence-electron chi connectivity index (χ2n) is 6.56. The lowest BCUT2D eigenvalue weighted by Crippen LogP contribution is -2.23. The average Bonchev–Trinajstić information content (AvgIpc) is 3.22. The Kier molecular flexibility index (Phi) is 3.87. The number of carbonyl (C=O) groups is 1. The molecule has 0 bridgehead atoms. The summed E-state index contributed by atoms with van der Waals surface area (Å²) in [5, 5.41) is 7.12. The second kappa shape index (κ2) is 5.94. The van der Waals surface area contributed by atoms with Crippen molar-refractivity contribution in [2.75, 3.05) is 16.8 Å². The quantitative estimate of drug-likeness (QED) is 0.906. The van der Waals surface area contributed by atoms with Crippen molar-refractivity contribution in [2.45, 2.75) is 31.7 Å². The van der Waals surface area contributed by atoms with Gasteiger partial charge >= 0.3 is 0 Å². The van der Waals surface area contributed by atoms with Crippen LogP contribution in [0.4, 0.5) is 10.1 Å². The first-order chi connectivity index (χ1) is 11.9. The molecule has 1 amide bonds. The van der Waals surface area contributed by atoms with E-state index in [9.17, 15) is 17.6 Å². The van der Waals surface area contributed by atoms with Crippen molar-refractivity contribution in [1.29, 1.82) is 0 Å². The van der Waals surface area contributed by atoms with Crippen molar-refractivity contribution >= 4 is 21.4 Å². The summed E-state index contributed by atoms with van der Waals surface area (Å²) < 4.78 is 39.0. The van der Waals surface area contributed by atoms with Crippen LogP contribution in [-0.4, -0.2) is 35.6 Å². The highest BCUT2D eigenvalue weighted by atomic mass is 32.2. The zero-order valence-corrected chi connectivity index (χ0v) is 14.4. The molecule has 4 rings (SSSR count). The minimum absolute atomic E-state index is 0.00641. The Bertz CT molecular complexity index is 952. The topological polar surface area (TPSA) is 81.1 Å². The number of sulfone groups is 1. The van der Waals surface area contributed by atoms with Gasteiger partial charge in [0.25, 0.3) is 5.91 Å². The van der Waals surface area contributed by atoms with Crippen LogP contribution in [0, 0.1) is 5.82 Å². The van der Waals surface area contributed by atoms with Crippen LogP contribution in [0.25, 0.3) is 0 Å². The summed E-state index contributed by atoms with van der Waals surface area (Å²) in [5.41, 5.74) is 2.19.